The lowest BCUT2D eigenvalue weighted by atomic mass is 10.1. The molecule has 1 fully saturated rings. The number of benzene rings is 1. The van der Waals surface area contributed by atoms with Crippen molar-refractivity contribution in [1.82, 2.24) is 9.88 Å². The molecule has 0 spiro atoms. The lowest BCUT2D eigenvalue weighted by Gasteiger charge is -2.23. The lowest BCUT2D eigenvalue weighted by molar-refractivity contribution is -0.137. The summed E-state index contributed by atoms with van der Waals surface area (Å²) in [6.45, 7) is 3.52. The third kappa shape index (κ3) is 5.04. The Kier molecular flexibility index (Phi) is 6.47. The molecule has 1 aromatic heterocycles. The van der Waals surface area contributed by atoms with Gasteiger partial charge in [0, 0.05) is 29.3 Å². The molecule has 8 heteroatoms. The quantitative estimate of drug-likeness (QED) is 0.655. The molecule has 0 N–H and O–H groups in total. The second-order valence-electron chi connectivity index (χ2n) is 6.44. The number of likely N-dealkylation sites (tertiary alicyclic amines) is 1. The maximum absolute atomic E-state index is 12.9. The third-order valence-corrected chi connectivity index (χ3v) is 6.56. The lowest BCUT2D eigenvalue weighted by Crippen LogP contribution is -2.35. The highest BCUT2D eigenvalue weighted by Crippen LogP contribution is 2.33. The van der Waals surface area contributed by atoms with Crippen molar-refractivity contribution in [3.8, 4) is 10.6 Å². The van der Waals surface area contributed by atoms with Crippen LogP contribution < -0.4 is 0 Å². The Morgan fingerprint density at radius 2 is 2.19 bits per heavy atom. The summed E-state index contributed by atoms with van der Waals surface area (Å²) in [5.74, 6) is 0.886. The number of hydrogen-bond acceptors (Lipinski definition) is 4. The molecular weight excluding hydrogens is 393 g/mol. The van der Waals surface area contributed by atoms with Crippen LogP contribution in [-0.4, -0.2) is 39.9 Å². The van der Waals surface area contributed by atoms with Crippen molar-refractivity contribution in [2.75, 3.05) is 18.8 Å². The number of thiazole rings is 1. The van der Waals surface area contributed by atoms with Gasteiger partial charge in [0.15, 0.2) is 0 Å². The van der Waals surface area contributed by atoms with Gasteiger partial charge < -0.3 is 4.90 Å². The molecule has 1 aliphatic rings. The summed E-state index contributed by atoms with van der Waals surface area (Å²) in [6, 6.07) is 5.06. The average molecular weight is 415 g/mol. The van der Waals surface area contributed by atoms with Crippen LogP contribution in [0.2, 0.25) is 0 Å². The average Bonchev–Trinajstić information content (AvgIpc) is 3.02. The molecule has 1 saturated heterocycles. The molecule has 1 unspecified atom stereocenters. The summed E-state index contributed by atoms with van der Waals surface area (Å²) in [7, 11) is 0. The van der Waals surface area contributed by atoms with E-state index in [1.165, 1.54) is 17.4 Å². The van der Waals surface area contributed by atoms with E-state index in [1.54, 1.807) is 11.4 Å². The molecule has 1 aliphatic heterocycles. The monoisotopic (exact) mass is 414 g/mol. The van der Waals surface area contributed by atoms with E-state index < -0.39 is 11.7 Å². The van der Waals surface area contributed by atoms with E-state index in [1.807, 2.05) is 16.7 Å². The fraction of sp³-hybridized carbons (Fsp3) is 0.474. The van der Waals surface area contributed by atoms with Gasteiger partial charge in [-0.25, -0.2) is 4.98 Å². The van der Waals surface area contributed by atoms with Gasteiger partial charge in [-0.05, 0) is 30.7 Å². The first-order valence-corrected chi connectivity index (χ1v) is 10.9. The molecule has 0 radical (unpaired) electrons. The maximum atomic E-state index is 12.9. The molecular formula is C19H21F3N2OS2. The van der Waals surface area contributed by atoms with E-state index >= 15 is 0 Å². The Balaban J connectivity index is 1.78. The van der Waals surface area contributed by atoms with Crippen LogP contribution in [0.15, 0.2) is 29.6 Å². The normalized spacial score (nSPS) is 18.4. The fourth-order valence-electron chi connectivity index (χ4n) is 3.15. The van der Waals surface area contributed by atoms with Gasteiger partial charge in [-0.3, -0.25) is 4.79 Å². The van der Waals surface area contributed by atoms with E-state index in [0.29, 0.717) is 34.6 Å². The van der Waals surface area contributed by atoms with E-state index in [0.717, 1.165) is 37.1 Å². The van der Waals surface area contributed by atoms with Gasteiger partial charge in [0.05, 0.1) is 5.56 Å². The number of aromatic nitrogens is 1. The van der Waals surface area contributed by atoms with Crippen LogP contribution in [0.4, 0.5) is 13.2 Å². The Morgan fingerprint density at radius 3 is 2.93 bits per heavy atom. The number of rotatable bonds is 4. The van der Waals surface area contributed by atoms with Gasteiger partial charge in [0.25, 0.3) is 5.91 Å². The molecule has 1 aromatic carbocycles. The summed E-state index contributed by atoms with van der Waals surface area (Å²) in [5.41, 5.74) is -0.0197. The number of amides is 1. The predicted octanol–water partition coefficient (Wildman–Crippen LogP) is 5.58. The topological polar surface area (TPSA) is 33.2 Å². The number of nitrogens with zero attached hydrogens (tertiary/aromatic N) is 2. The number of carbonyl (C=O) groups excluding carboxylic acids is 1. The summed E-state index contributed by atoms with van der Waals surface area (Å²) in [5, 5.41) is 2.51. The number of alkyl halides is 3. The third-order valence-electron chi connectivity index (χ3n) is 4.48. The minimum absolute atomic E-state index is 0.131. The first-order valence-electron chi connectivity index (χ1n) is 8.92. The highest BCUT2D eigenvalue weighted by molar-refractivity contribution is 7.99. The van der Waals surface area contributed by atoms with Crippen molar-refractivity contribution in [3.63, 3.8) is 0 Å². The van der Waals surface area contributed by atoms with Crippen molar-refractivity contribution in [2.24, 2.45) is 0 Å². The van der Waals surface area contributed by atoms with Crippen molar-refractivity contribution in [1.29, 1.82) is 0 Å². The van der Waals surface area contributed by atoms with E-state index in [2.05, 4.69) is 11.9 Å². The van der Waals surface area contributed by atoms with Crippen LogP contribution in [0.1, 0.15) is 42.2 Å². The number of halogens is 3. The minimum atomic E-state index is -4.40. The van der Waals surface area contributed by atoms with Crippen LogP contribution in [0.3, 0.4) is 0 Å². The van der Waals surface area contributed by atoms with Crippen LogP contribution in [0, 0.1) is 0 Å². The molecule has 0 aliphatic carbocycles. The van der Waals surface area contributed by atoms with Gasteiger partial charge in [0.2, 0.25) is 0 Å². The van der Waals surface area contributed by atoms with Gasteiger partial charge in [-0.1, -0.05) is 25.5 Å². The Bertz CT molecular complexity index is 791. The molecule has 146 valence electrons. The summed E-state index contributed by atoms with van der Waals surface area (Å²) in [6.07, 6.45) is -1.22. The number of hydrogen-bond donors (Lipinski definition) is 0. The zero-order chi connectivity index (χ0) is 19.4. The van der Waals surface area contributed by atoms with E-state index in [-0.39, 0.29) is 5.91 Å². The molecule has 1 amide bonds. The zero-order valence-electron chi connectivity index (χ0n) is 15.0. The second-order valence-corrected chi connectivity index (χ2v) is 8.88. The minimum Gasteiger partial charge on any atom is -0.336 e. The van der Waals surface area contributed by atoms with Gasteiger partial charge in [0.1, 0.15) is 10.7 Å². The SMILES string of the molecule is CCSC1CCCCN(C(=O)c2csc(-c3cccc(C(F)(F)F)c3)n2)C1. The van der Waals surface area contributed by atoms with Crippen molar-refractivity contribution in [2.45, 2.75) is 37.6 Å². The van der Waals surface area contributed by atoms with Crippen LogP contribution >= 0.6 is 23.1 Å². The standard InChI is InChI=1S/C19H21F3N2OS2/c1-2-26-15-8-3-4-9-24(11-15)18(25)16-12-27-17(23-16)13-6-5-7-14(10-13)19(20,21)22/h5-7,10,12,15H,2-4,8-9,11H2,1H3. The van der Waals surface area contributed by atoms with Gasteiger partial charge in [-0.2, -0.15) is 24.9 Å². The van der Waals surface area contributed by atoms with E-state index in [9.17, 15) is 18.0 Å². The molecule has 1 atom stereocenters. The smallest absolute Gasteiger partial charge is 0.336 e. The molecule has 3 rings (SSSR count). The largest absolute Gasteiger partial charge is 0.416 e. The molecule has 27 heavy (non-hydrogen) atoms. The van der Waals surface area contributed by atoms with Gasteiger partial charge >= 0.3 is 6.18 Å². The van der Waals surface area contributed by atoms with Crippen molar-refractivity contribution in [3.05, 3.63) is 40.9 Å². The van der Waals surface area contributed by atoms with Crippen molar-refractivity contribution >= 4 is 29.0 Å². The zero-order valence-corrected chi connectivity index (χ0v) is 16.6. The highest BCUT2D eigenvalue weighted by atomic mass is 32.2. The Morgan fingerprint density at radius 1 is 1.37 bits per heavy atom. The molecule has 2 heterocycles. The van der Waals surface area contributed by atoms with Crippen LogP contribution in [0.5, 0.6) is 0 Å². The summed E-state index contributed by atoms with van der Waals surface area (Å²) in [4.78, 5) is 19.0. The molecule has 3 nitrogen and oxygen atoms in total. The molecule has 0 bridgehead atoms. The second kappa shape index (κ2) is 8.65. The van der Waals surface area contributed by atoms with E-state index in [4.69, 9.17) is 0 Å². The first kappa shape index (κ1) is 20.2. The predicted molar refractivity (Wildman–Crippen MR) is 104 cm³/mol. The Hall–Kier alpha value is -1.54. The summed E-state index contributed by atoms with van der Waals surface area (Å²) >= 11 is 3.07. The van der Waals surface area contributed by atoms with Crippen LogP contribution in [0.25, 0.3) is 10.6 Å². The number of carbonyl (C=O) groups is 1. The highest BCUT2D eigenvalue weighted by Gasteiger charge is 2.31. The van der Waals surface area contributed by atoms with Gasteiger partial charge in [-0.15, -0.1) is 11.3 Å². The maximum Gasteiger partial charge on any atom is 0.416 e. The Labute approximate surface area is 165 Å². The molecule has 2 aromatic rings. The number of thioether (sulfide) groups is 1. The van der Waals surface area contributed by atoms with Crippen LogP contribution in [-0.2, 0) is 6.18 Å². The molecule has 0 saturated carbocycles. The summed E-state index contributed by atoms with van der Waals surface area (Å²) < 4.78 is 38.8. The first-order chi connectivity index (χ1) is 12.9. The van der Waals surface area contributed by atoms with Crippen molar-refractivity contribution < 1.29 is 18.0 Å². The fourth-order valence-corrected chi connectivity index (χ4v) is 5.04.